The highest BCUT2D eigenvalue weighted by Gasteiger charge is 2.22. The molecule has 0 aliphatic carbocycles. The van der Waals surface area contributed by atoms with Crippen LogP contribution in [0.2, 0.25) is 0 Å². The number of halogens is 1. The Labute approximate surface area is 230 Å². The van der Waals surface area contributed by atoms with Gasteiger partial charge in [-0.1, -0.05) is 30.4 Å². The first-order valence-corrected chi connectivity index (χ1v) is 13.6. The van der Waals surface area contributed by atoms with Crippen molar-refractivity contribution in [3.63, 3.8) is 0 Å². The number of carbonyl (C=O) groups excluding carboxylic acids is 1. The second-order valence-electron chi connectivity index (χ2n) is 7.78. The molecule has 3 aromatic rings. The van der Waals surface area contributed by atoms with E-state index in [1.807, 2.05) is 6.92 Å². The van der Waals surface area contributed by atoms with Crippen molar-refractivity contribution in [2.24, 2.45) is 5.10 Å². The van der Waals surface area contributed by atoms with Gasteiger partial charge < -0.3 is 18.4 Å². The Hall–Kier alpha value is -3.83. The molecule has 0 aliphatic heterocycles. The summed E-state index contributed by atoms with van der Waals surface area (Å²) in [6.07, 6.45) is 2.99. The zero-order valence-corrected chi connectivity index (χ0v) is 23.5. The molecule has 3 aromatic carbocycles. The summed E-state index contributed by atoms with van der Waals surface area (Å²) in [5, 5.41) is 4.00. The van der Waals surface area contributed by atoms with E-state index in [1.165, 1.54) is 31.5 Å². The van der Waals surface area contributed by atoms with Crippen LogP contribution in [-0.2, 0) is 10.1 Å². The fraction of sp³-hybridized carbons (Fsp3) is 0.185. The van der Waals surface area contributed by atoms with Crippen molar-refractivity contribution >= 4 is 38.2 Å². The number of hydrogen-bond donors (Lipinski definition) is 1. The monoisotopic (exact) mass is 602 g/mol. The molecule has 3 rings (SSSR count). The average molecular weight is 603 g/mol. The maximum Gasteiger partial charge on any atom is 0.339 e. The van der Waals surface area contributed by atoms with Gasteiger partial charge in [0, 0.05) is 5.56 Å². The van der Waals surface area contributed by atoms with Crippen LogP contribution in [-0.4, -0.2) is 40.9 Å². The van der Waals surface area contributed by atoms with E-state index in [2.05, 4.69) is 33.0 Å². The lowest BCUT2D eigenvalue weighted by atomic mass is 10.2. The van der Waals surface area contributed by atoms with Gasteiger partial charge in [0.1, 0.15) is 11.5 Å². The predicted octanol–water partition coefficient (Wildman–Crippen LogP) is 5.26. The number of nitrogens with zero attached hydrogens (tertiary/aromatic N) is 1. The van der Waals surface area contributed by atoms with Crippen LogP contribution in [0.25, 0.3) is 0 Å². The maximum atomic E-state index is 12.8. The zero-order chi connectivity index (χ0) is 27.7. The van der Waals surface area contributed by atoms with Gasteiger partial charge in [-0.25, -0.2) is 5.43 Å². The van der Waals surface area contributed by atoms with E-state index in [0.717, 1.165) is 5.56 Å². The molecule has 0 fully saturated rings. The van der Waals surface area contributed by atoms with Crippen molar-refractivity contribution in [2.75, 3.05) is 20.3 Å². The van der Waals surface area contributed by atoms with Crippen LogP contribution in [0.4, 0.5) is 0 Å². The fourth-order valence-corrected chi connectivity index (χ4v) is 4.78. The number of benzene rings is 3. The van der Waals surface area contributed by atoms with Gasteiger partial charge in [-0.15, -0.1) is 0 Å². The molecule has 1 N–H and O–H groups in total. The van der Waals surface area contributed by atoms with Crippen molar-refractivity contribution in [1.29, 1.82) is 0 Å². The molecule has 0 bridgehead atoms. The summed E-state index contributed by atoms with van der Waals surface area (Å²) < 4.78 is 47.8. The third-order valence-corrected chi connectivity index (χ3v) is 6.82. The number of hydrazone groups is 1. The standard InChI is InChI=1S/C27H27BrN2O7S/c1-5-13-36-23-12-9-20(16-24(23)34-4)27(31)30-29-17-19-14-22(28)26(25(15-19)35-6-2)37-38(32,33)21-10-7-18(3)8-11-21/h5,7-12,14-17H,1,6,13H2,2-4H3,(H,30,31)/b29-17+. The lowest BCUT2D eigenvalue weighted by Gasteiger charge is -2.14. The van der Waals surface area contributed by atoms with Gasteiger partial charge in [0.15, 0.2) is 23.0 Å². The molecule has 0 radical (unpaired) electrons. The SMILES string of the molecule is C=CCOc1ccc(C(=O)N/N=C/c2cc(Br)c(OS(=O)(=O)c3ccc(C)cc3)c(OCC)c2)cc1OC. The van der Waals surface area contributed by atoms with Crippen LogP contribution in [0, 0.1) is 6.92 Å². The Balaban J connectivity index is 1.78. The minimum absolute atomic E-state index is 0.000492. The summed E-state index contributed by atoms with van der Waals surface area (Å²) in [4.78, 5) is 12.6. The molecule has 0 saturated carbocycles. The number of ether oxygens (including phenoxy) is 3. The van der Waals surface area contributed by atoms with Gasteiger partial charge in [0.25, 0.3) is 5.91 Å². The molecular weight excluding hydrogens is 576 g/mol. The minimum atomic E-state index is -4.10. The lowest BCUT2D eigenvalue weighted by Crippen LogP contribution is -2.17. The Morgan fingerprint density at radius 2 is 1.79 bits per heavy atom. The average Bonchev–Trinajstić information content (AvgIpc) is 2.89. The second-order valence-corrected chi connectivity index (χ2v) is 10.2. The first-order valence-electron chi connectivity index (χ1n) is 11.4. The largest absolute Gasteiger partial charge is 0.493 e. The van der Waals surface area contributed by atoms with Gasteiger partial charge in [0.05, 0.1) is 24.4 Å². The molecule has 9 nitrogen and oxygen atoms in total. The topological polar surface area (TPSA) is 113 Å². The number of rotatable bonds is 12. The lowest BCUT2D eigenvalue weighted by molar-refractivity contribution is 0.0954. The highest BCUT2D eigenvalue weighted by atomic mass is 79.9. The summed E-state index contributed by atoms with van der Waals surface area (Å²) in [5.74, 6) is 0.588. The van der Waals surface area contributed by atoms with E-state index < -0.39 is 16.0 Å². The Morgan fingerprint density at radius 1 is 1.05 bits per heavy atom. The van der Waals surface area contributed by atoms with Gasteiger partial charge >= 0.3 is 10.1 Å². The quantitative estimate of drug-likeness (QED) is 0.130. The van der Waals surface area contributed by atoms with Crippen LogP contribution >= 0.6 is 15.9 Å². The first kappa shape index (κ1) is 28.7. The Morgan fingerprint density at radius 3 is 2.45 bits per heavy atom. The molecule has 0 heterocycles. The van der Waals surface area contributed by atoms with Crippen molar-refractivity contribution in [3.05, 3.63) is 88.4 Å². The van der Waals surface area contributed by atoms with E-state index >= 15 is 0 Å². The highest BCUT2D eigenvalue weighted by Crippen LogP contribution is 2.38. The first-order chi connectivity index (χ1) is 18.2. The number of carbonyl (C=O) groups is 1. The molecule has 38 heavy (non-hydrogen) atoms. The van der Waals surface area contributed by atoms with E-state index in [-0.39, 0.29) is 23.0 Å². The van der Waals surface area contributed by atoms with Gasteiger partial charge in [0.2, 0.25) is 0 Å². The summed E-state index contributed by atoms with van der Waals surface area (Å²) in [5.41, 5.74) is 4.20. The molecule has 200 valence electrons. The van der Waals surface area contributed by atoms with Crippen molar-refractivity contribution in [2.45, 2.75) is 18.7 Å². The van der Waals surface area contributed by atoms with E-state index in [1.54, 1.807) is 49.4 Å². The molecule has 0 aromatic heterocycles. The normalized spacial score (nSPS) is 11.2. The Bertz CT molecular complexity index is 1440. The van der Waals surface area contributed by atoms with Crippen LogP contribution < -0.4 is 23.8 Å². The zero-order valence-electron chi connectivity index (χ0n) is 21.1. The van der Waals surface area contributed by atoms with Crippen molar-refractivity contribution in [3.8, 4) is 23.0 Å². The molecule has 0 aliphatic rings. The number of amides is 1. The molecule has 0 unspecified atom stereocenters. The van der Waals surface area contributed by atoms with Crippen LogP contribution in [0.1, 0.15) is 28.4 Å². The van der Waals surface area contributed by atoms with Crippen LogP contribution in [0.5, 0.6) is 23.0 Å². The minimum Gasteiger partial charge on any atom is -0.493 e. The summed E-state index contributed by atoms with van der Waals surface area (Å²) >= 11 is 3.35. The van der Waals surface area contributed by atoms with E-state index in [9.17, 15) is 13.2 Å². The number of hydrogen-bond acceptors (Lipinski definition) is 8. The Kier molecular flexibility index (Phi) is 9.91. The van der Waals surface area contributed by atoms with Crippen LogP contribution in [0.3, 0.4) is 0 Å². The highest BCUT2D eigenvalue weighted by molar-refractivity contribution is 9.10. The number of methoxy groups -OCH3 is 1. The summed E-state index contributed by atoms with van der Waals surface area (Å²) in [6.45, 7) is 7.78. The molecule has 0 spiro atoms. The van der Waals surface area contributed by atoms with E-state index in [0.29, 0.717) is 33.7 Å². The predicted molar refractivity (Wildman–Crippen MR) is 148 cm³/mol. The van der Waals surface area contributed by atoms with Gasteiger partial charge in [-0.3, -0.25) is 4.79 Å². The summed E-state index contributed by atoms with van der Waals surface area (Å²) in [7, 11) is -2.63. The number of aryl methyl sites for hydroxylation is 1. The van der Waals surface area contributed by atoms with Gasteiger partial charge in [-0.2, -0.15) is 13.5 Å². The molecule has 0 atom stereocenters. The molecule has 11 heteroatoms. The number of nitrogens with one attached hydrogen (secondary N) is 1. The van der Waals surface area contributed by atoms with E-state index in [4.69, 9.17) is 18.4 Å². The van der Waals surface area contributed by atoms with Crippen LogP contribution in [0.15, 0.2) is 81.7 Å². The van der Waals surface area contributed by atoms with Crippen molar-refractivity contribution in [1.82, 2.24) is 5.43 Å². The third kappa shape index (κ3) is 7.36. The van der Waals surface area contributed by atoms with Gasteiger partial charge in [-0.05, 0) is 77.8 Å². The third-order valence-electron chi connectivity index (χ3n) is 5.00. The smallest absolute Gasteiger partial charge is 0.339 e. The molecule has 0 saturated heterocycles. The summed E-state index contributed by atoms with van der Waals surface area (Å²) in [6, 6.07) is 14.2. The molecular formula is C27H27BrN2O7S. The fourth-order valence-electron chi connectivity index (χ4n) is 3.18. The molecule has 1 amide bonds. The van der Waals surface area contributed by atoms with Crippen molar-refractivity contribution < 1.29 is 31.6 Å². The maximum absolute atomic E-state index is 12.8. The second kappa shape index (κ2) is 13.1.